The maximum absolute atomic E-state index is 13.3. The summed E-state index contributed by atoms with van der Waals surface area (Å²) in [6.07, 6.45) is 3.28. The number of aliphatic hydroxyl groups is 1. The van der Waals surface area contributed by atoms with Crippen LogP contribution in [0.4, 0.5) is 10.1 Å². The Morgan fingerprint density at radius 1 is 1.44 bits per heavy atom. The van der Waals surface area contributed by atoms with E-state index in [-0.39, 0.29) is 5.82 Å². The van der Waals surface area contributed by atoms with Crippen molar-refractivity contribution in [1.82, 2.24) is 0 Å². The van der Waals surface area contributed by atoms with Gasteiger partial charge in [-0.2, -0.15) is 0 Å². The molecule has 3 heteroatoms. The molecule has 2 rings (SSSR count). The molecule has 1 aliphatic rings. The molecule has 1 saturated carbocycles. The predicted molar refractivity (Wildman–Crippen MR) is 72.3 cm³/mol. The first kappa shape index (κ1) is 13.3. The molecule has 0 aliphatic heterocycles. The van der Waals surface area contributed by atoms with Crippen LogP contribution in [-0.4, -0.2) is 18.2 Å². The Hall–Kier alpha value is -1.09. The van der Waals surface area contributed by atoms with E-state index < -0.39 is 6.10 Å². The summed E-state index contributed by atoms with van der Waals surface area (Å²) in [4.78, 5) is 2.26. The number of hydrogen-bond acceptors (Lipinski definition) is 2. The van der Waals surface area contributed by atoms with E-state index in [1.54, 1.807) is 13.0 Å². The fourth-order valence-corrected chi connectivity index (χ4v) is 2.53. The average molecular weight is 251 g/mol. The third-order valence-electron chi connectivity index (χ3n) is 3.87. The fraction of sp³-hybridized carbons (Fsp3) is 0.600. The molecule has 0 bridgehead atoms. The van der Waals surface area contributed by atoms with E-state index in [4.69, 9.17) is 0 Å². The number of anilines is 1. The monoisotopic (exact) mass is 251 g/mol. The number of halogens is 1. The molecule has 1 atom stereocenters. The topological polar surface area (TPSA) is 23.5 Å². The minimum absolute atomic E-state index is 0.283. The first-order valence-corrected chi connectivity index (χ1v) is 6.84. The highest BCUT2D eigenvalue weighted by molar-refractivity contribution is 5.54. The molecule has 1 fully saturated rings. The smallest absolute Gasteiger partial charge is 0.123 e. The molecule has 0 radical (unpaired) electrons. The lowest BCUT2D eigenvalue weighted by molar-refractivity contribution is 0.199. The van der Waals surface area contributed by atoms with Crippen LogP contribution in [0, 0.1) is 11.7 Å². The van der Waals surface area contributed by atoms with Crippen LogP contribution in [0.1, 0.15) is 44.8 Å². The normalized spacial score (nSPS) is 17.3. The van der Waals surface area contributed by atoms with Crippen LogP contribution < -0.4 is 4.90 Å². The molecule has 1 aromatic rings. The average Bonchev–Trinajstić information content (AvgIpc) is 2.28. The van der Waals surface area contributed by atoms with Gasteiger partial charge in [0.05, 0.1) is 6.10 Å². The number of hydrogen-bond donors (Lipinski definition) is 1. The van der Waals surface area contributed by atoms with Crippen molar-refractivity contribution in [1.29, 1.82) is 0 Å². The zero-order valence-electron chi connectivity index (χ0n) is 11.2. The van der Waals surface area contributed by atoms with Crippen LogP contribution in [0.3, 0.4) is 0 Å². The van der Waals surface area contributed by atoms with Crippen LogP contribution >= 0.6 is 0 Å². The quantitative estimate of drug-likeness (QED) is 0.865. The van der Waals surface area contributed by atoms with Gasteiger partial charge in [-0.15, -0.1) is 0 Å². The van der Waals surface area contributed by atoms with E-state index in [0.717, 1.165) is 24.7 Å². The van der Waals surface area contributed by atoms with Gasteiger partial charge in [-0.25, -0.2) is 4.39 Å². The van der Waals surface area contributed by atoms with Gasteiger partial charge in [0.25, 0.3) is 0 Å². The summed E-state index contributed by atoms with van der Waals surface area (Å²) in [5, 5.41) is 9.79. The van der Waals surface area contributed by atoms with Crippen molar-refractivity contribution < 1.29 is 9.50 Å². The number of benzene rings is 1. The largest absolute Gasteiger partial charge is 0.389 e. The molecule has 100 valence electrons. The molecule has 0 saturated heterocycles. The van der Waals surface area contributed by atoms with Gasteiger partial charge >= 0.3 is 0 Å². The highest BCUT2D eigenvalue weighted by Crippen LogP contribution is 2.32. The molecule has 1 unspecified atom stereocenters. The van der Waals surface area contributed by atoms with Gasteiger partial charge < -0.3 is 10.0 Å². The molecule has 18 heavy (non-hydrogen) atoms. The summed E-state index contributed by atoms with van der Waals surface area (Å²) in [6, 6.07) is 4.72. The predicted octanol–water partition coefficient (Wildman–Crippen LogP) is 3.51. The standard InChI is InChI=1S/C15H22FNO/c1-3-17(10-12-5-4-6-12)15-8-7-13(16)9-14(15)11(2)18/h7-9,11-12,18H,3-6,10H2,1-2H3. The summed E-state index contributed by atoms with van der Waals surface area (Å²) in [5.41, 5.74) is 1.66. The van der Waals surface area contributed by atoms with Crippen molar-refractivity contribution >= 4 is 5.69 Å². The zero-order valence-corrected chi connectivity index (χ0v) is 11.2. The Morgan fingerprint density at radius 2 is 2.17 bits per heavy atom. The van der Waals surface area contributed by atoms with Crippen molar-refractivity contribution in [2.75, 3.05) is 18.0 Å². The highest BCUT2D eigenvalue weighted by atomic mass is 19.1. The van der Waals surface area contributed by atoms with Crippen molar-refractivity contribution in [3.63, 3.8) is 0 Å². The second kappa shape index (κ2) is 5.70. The fourth-order valence-electron chi connectivity index (χ4n) is 2.53. The van der Waals surface area contributed by atoms with Crippen molar-refractivity contribution in [2.45, 2.75) is 39.2 Å². The highest BCUT2D eigenvalue weighted by Gasteiger charge is 2.22. The lowest BCUT2D eigenvalue weighted by Crippen LogP contribution is -2.33. The molecule has 0 heterocycles. The van der Waals surface area contributed by atoms with E-state index in [1.807, 2.05) is 0 Å². The third kappa shape index (κ3) is 2.83. The summed E-state index contributed by atoms with van der Waals surface area (Å²) >= 11 is 0. The maximum Gasteiger partial charge on any atom is 0.123 e. The van der Waals surface area contributed by atoms with E-state index in [2.05, 4.69) is 11.8 Å². The number of nitrogens with zero attached hydrogens (tertiary/aromatic N) is 1. The Labute approximate surface area is 108 Å². The van der Waals surface area contributed by atoms with Gasteiger partial charge in [-0.05, 0) is 50.8 Å². The van der Waals surface area contributed by atoms with Crippen LogP contribution in [0.25, 0.3) is 0 Å². The Morgan fingerprint density at radius 3 is 2.67 bits per heavy atom. The molecule has 0 aromatic heterocycles. The molecule has 1 aromatic carbocycles. The van der Waals surface area contributed by atoms with Crippen LogP contribution in [0.5, 0.6) is 0 Å². The van der Waals surface area contributed by atoms with E-state index in [1.165, 1.54) is 31.4 Å². The van der Waals surface area contributed by atoms with E-state index in [0.29, 0.717) is 5.56 Å². The summed E-state index contributed by atoms with van der Waals surface area (Å²) < 4.78 is 13.3. The van der Waals surface area contributed by atoms with Gasteiger partial charge in [-0.3, -0.25) is 0 Å². The lowest BCUT2D eigenvalue weighted by atomic mass is 9.85. The SMILES string of the molecule is CCN(CC1CCC1)c1ccc(F)cc1C(C)O. The molecule has 1 aliphatic carbocycles. The molecule has 0 amide bonds. The van der Waals surface area contributed by atoms with Gasteiger partial charge in [0.2, 0.25) is 0 Å². The Bertz CT molecular complexity index is 401. The van der Waals surface area contributed by atoms with Crippen molar-refractivity contribution in [3.05, 3.63) is 29.6 Å². The van der Waals surface area contributed by atoms with Gasteiger partial charge in [0.15, 0.2) is 0 Å². The summed E-state index contributed by atoms with van der Waals surface area (Å²) in [5.74, 6) is 0.478. The summed E-state index contributed by atoms with van der Waals surface area (Å²) in [7, 11) is 0. The third-order valence-corrected chi connectivity index (χ3v) is 3.87. The second-order valence-electron chi connectivity index (χ2n) is 5.21. The minimum Gasteiger partial charge on any atom is -0.389 e. The molecule has 0 spiro atoms. The van der Waals surface area contributed by atoms with Crippen LogP contribution in [0.15, 0.2) is 18.2 Å². The first-order chi connectivity index (χ1) is 8.61. The molecule has 1 N–H and O–H groups in total. The first-order valence-electron chi connectivity index (χ1n) is 6.84. The van der Waals surface area contributed by atoms with Crippen molar-refractivity contribution in [2.24, 2.45) is 5.92 Å². The molecular formula is C15H22FNO. The molecular weight excluding hydrogens is 229 g/mol. The Kier molecular flexibility index (Phi) is 4.23. The molecule has 2 nitrogen and oxygen atoms in total. The van der Waals surface area contributed by atoms with Crippen molar-refractivity contribution in [3.8, 4) is 0 Å². The minimum atomic E-state index is -0.633. The van der Waals surface area contributed by atoms with Gasteiger partial charge in [-0.1, -0.05) is 6.42 Å². The van der Waals surface area contributed by atoms with Crippen LogP contribution in [0.2, 0.25) is 0 Å². The van der Waals surface area contributed by atoms with Crippen LogP contribution in [-0.2, 0) is 0 Å². The summed E-state index contributed by atoms with van der Waals surface area (Å²) in [6.45, 7) is 5.70. The maximum atomic E-state index is 13.3. The zero-order chi connectivity index (χ0) is 13.1. The number of rotatable bonds is 5. The number of aliphatic hydroxyl groups excluding tert-OH is 1. The van der Waals surface area contributed by atoms with Gasteiger partial charge in [0.1, 0.15) is 5.82 Å². The second-order valence-corrected chi connectivity index (χ2v) is 5.21. The lowest BCUT2D eigenvalue weighted by Gasteiger charge is -2.34. The van der Waals surface area contributed by atoms with Gasteiger partial charge in [0, 0.05) is 24.3 Å². The Balaban J connectivity index is 2.22. The van der Waals surface area contributed by atoms with E-state index >= 15 is 0 Å². The van der Waals surface area contributed by atoms with E-state index in [9.17, 15) is 9.50 Å².